The summed E-state index contributed by atoms with van der Waals surface area (Å²) in [4.78, 5) is 23.5. The molecule has 4 nitrogen and oxygen atoms in total. The van der Waals surface area contributed by atoms with Crippen LogP contribution >= 0.6 is 15.9 Å². The van der Waals surface area contributed by atoms with Gasteiger partial charge in [0.2, 0.25) is 0 Å². The van der Waals surface area contributed by atoms with Crippen LogP contribution in [0, 0.1) is 18.6 Å². The Kier molecular flexibility index (Phi) is 5.44. The lowest BCUT2D eigenvalue weighted by molar-refractivity contribution is -0.119. The molecule has 2 rings (SSSR count). The fourth-order valence-electron chi connectivity index (χ4n) is 1.73. The maximum Gasteiger partial charge on any atom is 0.339 e. The van der Waals surface area contributed by atoms with E-state index in [4.69, 9.17) is 4.74 Å². The van der Waals surface area contributed by atoms with Gasteiger partial charge in [0.25, 0.3) is 5.91 Å². The van der Waals surface area contributed by atoms with Crippen molar-refractivity contribution in [3.05, 3.63) is 63.6 Å². The molecule has 0 atom stereocenters. The van der Waals surface area contributed by atoms with Crippen LogP contribution < -0.4 is 5.32 Å². The highest BCUT2D eigenvalue weighted by molar-refractivity contribution is 9.10. The molecule has 0 aliphatic rings. The number of carbonyl (C=O) groups excluding carboxylic acids is 2. The van der Waals surface area contributed by atoms with Crippen molar-refractivity contribution in [1.29, 1.82) is 0 Å². The van der Waals surface area contributed by atoms with Crippen LogP contribution in [0.3, 0.4) is 0 Å². The minimum Gasteiger partial charge on any atom is -0.452 e. The summed E-state index contributed by atoms with van der Waals surface area (Å²) in [6.07, 6.45) is 0. The standard InChI is InChI=1S/C16H12BrF2NO3/c1-9-2-4-11(7-14(9)19)20-15(21)8-23-16(22)12-5-3-10(18)6-13(12)17/h2-7H,8H2,1H3,(H,20,21). The molecule has 0 heterocycles. The number of esters is 1. The third kappa shape index (κ3) is 4.59. The van der Waals surface area contributed by atoms with Crippen molar-refractivity contribution < 1.29 is 23.1 Å². The van der Waals surface area contributed by atoms with Crippen LogP contribution in [0.4, 0.5) is 14.5 Å². The lowest BCUT2D eigenvalue weighted by Crippen LogP contribution is -2.21. The van der Waals surface area contributed by atoms with Crippen molar-refractivity contribution in [3.8, 4) is 0 Å². The van der Waals surface area contributed by atoms with Crippen LogP contribution in [0.25, 0.3) is 0 Å². The largest absolute Gasteiger partial charge is 0.452 e. The van der Waals surface area contributed by atoms with E-state index in [-0.39, 0.29) is 15.7 Å². The van der Waals surface area contributed by atoms with Crippen LogP contribution in [-0.2, 0) is 9.53 Å². The van der Waals surface area contributed by atoms with Crippen LogP contribution in [0.2, 0.25) is 0 Å². The Morgan fingerprint density at radius 3 is 2.57 bits per heavy atom. The third-order valence-corrected chi connectivity index (χ3v) is 3.60. The van der Waals surface area contributed by atoms with Gasteiger partial charge in [-0.1, -0.05) is 6.07 Å². The van der Waals surface area contributed by atoms with Gasteiger partial charge in [0.1, 0.15) is 11.6 Å². The van der Waals surface area contributed by atoms with Gasteiger partial charge in [-0.3, -0.25) is 4.79 Å². The lowest BCUT2D eigenvalue weighted by Gasteiger charge is -2.08. The van der Waals surface area contributed by atoms with E-state index in [1.165, 1.54) is 24.3 Å². The number of halogens is 3. The monoisotopic (exact) mass is 383 g/mol. The van der Waals surface area contributed by atoms with Crippen molar-refractivity contribution >= 4 is 33.5 Å². The van der Waals surface area contributed by atoms with E-state index in [0.717, 1.165) is 12.1 Å². The molecule has 7 heteroatoms. The number of ether oxygens (including phenoxy) is 1. The molecule has 0 fully saturated rings. The number of hydrogen-bond acceptors (Lipinski definition) is 3. The summed E-state index contributed by atoms with van der Waals surface area (Å²) in [6, 6.07) is 7.70. The molecule has 120 valence electrons. The average molecular weight is 384 g/mol. The van der Waals surface area contributed by atoms with Crippen molar-refractivity contribution in [2.45, 2.75) is 6.92 Å². The zero-order chi connectivity index (χ0) is 17.0. The molecule has 2 aromatic carbocycles. The van der Waals surface area contributed by atoms with Crippen molar-refractivity contribution in [1.82, 2.24) is 0 Å². The molecule has 0 spiro atoms. The lowest BCUT2D eigenvalue weighted by atomic mass is 10.2. The third-order valence-electron chi connectivity index (χ3n) is 2.94. The molecule has 0 aromatic heterocycles. The molecule has 0 saturated heterocycles. The average Bonchev–Trinajstić information content (AvgIpc) is 2.48. The Bertz CT molecular complexity index is 765. The minimum atomic E-state index is -0.776. The van der Waals surface area contributed by atoms with E-state index in [1.807, 2.05) is 0 Å². The maximum absolute atomic E-state index is 13.4. The molecular weight excluding hydrogens is 372 g/mol. The fraction of sp³-hybridized carbons (Fsp3) is 0.125. The summed E-state index contributed by atoms with van der Waals surface area (Å²) in [5, 5.41) is 2.41. The van der Waals surface area contributed by atoms with Gasteiger partial charge >= 0.3 is 5.97 Å². The Hall–Kier alpha value is -2.28. The first-order chi connectivity index (χ1) is 10.9. The van der Waals surface area contributed by atoms with Gasteiger partial charge in [-0.2, -0.15) is 0 Å². The normalized spacial score (nSPS) is 10.3. The summed E-state index contributed by atoms with van der Waals surface area (Å²) < 4.78 is 31.4. The second-order valence-corrected chi connectivity index (χ2v) is 5.57. The van der Waals surface area contributed by atoms with Gasteiger partial charge in [-0.15, -0.1) is 0 Å². The number of rotatable bonds is 4. The molecule has 0 unspecified atom stereocenters. The summed E-state index contributed by atoms with van der Waals surface area (Å²) in [5.74, 6) is -2.34. The Morgan fingerprint density at radius 1 is 1.17 bits per heavy atom. The molecule has 0 bridgehead atoms. The predicted molar refractivity (Wildman–Crippen MR) is 84.1 cm³/mol. The Balaban J connectivity index is 1.93. The van der Waals surface area contributed by atoms with Gasteiger partial charge in [0.05, 0.1) is 5.56 Å². The first kappa shape index (κ1) is 17.1. The second-order valence-electron chi connectivity index (χ2n) is 4.71. The minimum absolute atomic E-state index is 0.0978. The molecule has 0 aliphatic heterocycles. The zero-order valence-corrected chi connectivity index (χ0v) is 13.6. The number of aryl methyl sites for hydroxylation is 1. The van der Waals surface area contributed by atoms with Crippen molar-refractivity contribution in [2.24, 2.45) is 0 Å². The van der Waals surface area contributed by atoms with Gasteiger partial charge in [0.15, 0.2) is 6.61 Å². The predicted octanol–water partition coefficient (Wildman–Crippen LogP) is 3.83. The smallest absolute Gasteiger partial charge is 0.339 e. The molecule has 23 heavy (non-hydrogen) atoms. The highest BCUT2D eigenvalue weighted by Gasteiger charge is 2.14. The number of carbonyl (C=O) groups is 2. The van der Waals surface area contributed by atoms with Gasteiger partial charge < -0.3 is 10.1 Å². The molecular formula is C16H12BrF2NO3. The van der Waals surface area contributed by atoms with Crippen molar-refractivity contribution in [3.63, 3.8) is 0 Å². The number of nitrogens with one attached hydrogen (secondary N) is 1. The summed E-state index contributed by atoms with van der Waals surface area (Å²) in [5.41, 5.74) is 0.813. The number of anilines is 1. The van der Waals surface area contributed by atoms with E-state index in [0.29, 0.717) is 5.56 Å². The topological polar surface area (TPSA) is 55.4 Å². The maximum atomic E-state index is 13.4. The second kappa shape index (κ2) is 7.32. The van der Waals surface area contributed by atoms with Gasteiger partial charge in [-0.25, -0.2) is 13.6 Å². The number of hydrogen-bond donors (Lipinski definition) is 1. The molecule has 0 radical (unpaired) electrons. The fourth-order valence-corrected chi connectivity index (χ4v) is 2.24. The summed E-state index contributed by atoms with van der Waals surface area (Å²) in [6.45, 7) is 1.06. The molecule has 1 N–H and O–H groups in total. The molecule has 0 saturated carbocycles. The zero-order valence-electron chi connectivity index (χ0n) is 12.0. The van der Waals surface area contributed by atoms with Gasteiger partial charge in [0, 0.05) is 10.2 Å². The van der Waals surface area contributed by atoms with Crippen molar-refractivity contribution in [2.75, 3.05) is 11.9 Å². The van der Waals surface area contributed by atoms with E-state index in [9.17, 15) is 18.4 Å². The number of benzene rings is 2. The summed E-state index contributed by atoms with van der Waals surface area (Å²) >= 11 is 3.04. The molecule has 2 aromatic rings. The van der Waals surface area contributed by atoms with Gasteiger partial charge in [-0.05, 0) is 58.7 Å². The Morgan fingerprint density at radius 2 is 1.91 bits per heavy atom. The van der Waals surface area contributed by atoms with Crippen LogP contribution in [0.15, 0.2) is 40.9 Å². The Labute approximate surface area is 139 Å². The van der Waals surface area contributed by atoms with E-state index >= 15 is 0 Å². The van der Waals surface area contributed by atoms with Crippen LogP contribution in [-0.4, -0.2) is 18.5 Å². The quantitative estimate of drug-likeness (QED) is 0.816. The van der Waals surface area contributed by atoms with Crippen LogP contribution in [0.1, 0.15) is 15.9 Å². The van der Waals surface area contributed by atoms with E-state index in [1.54, 1.807) is 6.92 Å². The highest BCUT2D eigenvalue weighted by atomic mass is 79.9. The number of amides is 1. The summed E-state index contributed by atoms with van der Waals surface area (Å²) in [7, 11) is 0. The van der Waals surface area contributed by atoms with E-state index in [2.05, 4.69) is 21.2 Å². The van der Waals surface area contributed by atoms with E-state index < -0.39 is 30.1 Å². The molecule has 1 amide bonds. The first-order valence-electron chi connectivity index (χ1n) is 6.55. The molecule has 0 aliphatic carbocycles. The van der Waals surface area contributed by atoms with Crippen LogP contribution in [0.5, 0.6) is 0 Å². The SMILES string of the molecule is Cc1ccc(NC(=O)COC(=O)c2ccc(F)cc2Br)cc1F. The highest BCUT2D eigenvalue weighted by Crippen LogP contribution is 2.19. The first-order valence-corrected chi connectivity index (χ1v) is 7.34.